The van der Waals surface area contributed by atoms with Crippen molar-refractivity contribution in [3.05, 3.63) is 11.6 Å². The van der Waals surface area contributed by atoms with E-state index in [4.69, 9.17) is 0 Å². The highest BCUT2D eigenvalue weighted by molar-refractivity contribution is 5.29. The fourth-order valence-corrected chi connectivity index (χ4v) is 6.71. The molecule has 130 valence electrons. The van der Waals surface area contributed by atoms with E-state index in [9.17, 15) is 20.4 Å². The van der Waals surface area contributed by atoms with Gasteiger partial charge in [-0.2, -0.15) is 0 Å². The van der Waals surface area contributed by atoms with Crippen LogP contribution < -0.4 is 0 Å². The van der Waals surface area contributed by atoms with Crippen LogP contribution in [0.1, 0.15) is 52.4 Å². The maximum atomic E-state index is 10.5. The van der Waals surface area contributed by atoms with Gasteiger partial charge in [0.25, 0.3) is 0 Å². The van der Waals surface area contributed by atoms with Crippen LogP contribution in [0.2, 0.25) is 0 Å². The molecule has 0 aromatic rings. The maximum absolute atomic E-state index is 10.5. The van der Waals surface area contributed by atoms with Gasteiger partial charge in [0.1, 0.15) is 6.10 Å². The molecule has 0 aromatic carbocycles. The van der Waals surface area contributed by atoms with Crippen molar-refractivity contribution in [2.24, 2.45) is 28.6 Å². The maximum Gasteiger partial charge on any atom is 0.101 e. The molecule has 0 amide bonds. The van der Waals surface area contributed by atoms with E-state index in [-0.39, 0.29) is 10.8 Å². The molecule has 0 saturated heterocycles. The van der Waals surface area contributed by atoms with Crippen molar-refractivity contribution in [3.8, 4) is 0 Å². The summed E-state index contributed by atoms with van der Waals surface area (Å²) in [5, 5.41) is 41.2. The molecule has 4 aliphatic carbocycles. The molecule has 4 heteroatoms. The first-order chi connectivity index (χ1) is 10.8. The zero-order chi connectivity index (χ0) is 16.6. The normalized spacial score (nSPS) is 58.9. The summed E-state index contributed by atoms with van der Waals surface area (Å²) in [5.41, 5.74) is 0.830. The van der Waals surface area contributed by atoms with E-state index < -0.39 is 24.4 Å². The predicted octanol–water partition coefficient (Wildman–Crippen LogP) is 1.61. The van der Waals surface area contributed by atoms with Gasteiger partial charge >= 0.3 is 0 Å². The van der Waals surface area contributed by atoms with Gasteiger partial charge in [-0.3, -0.25) is 0 Å². The Kier molecular flexibility index (Phi) is 3.52. The number of aliphatic hydroxyl groups is 4. The van der Waals surface area contributed by atoms with Crippen LogP contribution in [0.25, 0.3) is 0 Å². The van der Waals surface area contributed by atoms with E-state index in [0.29, 0.717) is 30.6 Å². The highest BCUT2D eigenvalue weighted by Gasteiger charge is 2.61. The second-order valence-corrected chi connectivity index (χ2v) is 9.03. The minimum Gasteiger partial charge on any atom is -0.390 e. The third kappa shape index (κ3) is 1.98. The topological polar surface area (TPSA) is 80.9 Å². The third-order valence-corrected chi connectivity index (χ3v) is 8.14. The van der Waals surface area contributed by atoms with Gasteiger partial charge in [0.2, 0.25) is 0 Å². The fraction of sp³-hybridized carbons (Fsp3) is 0.895. The molecule has 2 unspecified atom stereocenters. The zero-order valence-corrected chi connectivity index (χ0v) is 14.2. The first-order valence-electron chi connectivity index (χ1n) is 9.22. The Morgan fingerprint density at radius 3 is 2.43 bits per heavy atom. The monoisotopic (exact) mass is 322 g/mol. The summed E-state index contributed by atoms with van der Waals surface area (Å²) < 4.78 is 0. The quantitative estimate of drug-likeness (QED) is 0.511. The molecule has 4 nitrogen and oxygen atoms in total. The van der Waals surface area contributed by atoms with Crippen LogP contribution in [-0.4, -0.2) is 44.8 Å². The second kappa shape index (κ2) is 5.04. The van der Waals surface area contributed by atoms with Crippen molar-refractivity contribution < 1.29 is 20.4 Å². The Balaban J connectivity index is 1.70. The Labute approximate surface area is 138 Å². The molecule has 3 fully saturated rings. The molecule has 0 bridgehead atoms. The van der Waals surface area contributed by atoms with Gasteiger partial charge in [0, 0.05) is 0 Å². The second-order valence-electron chi connectivity index (χ2n) is 9.03. The van der Waals surface area contributed by atoms with Gasteiger partial charge in [0.15, 0.2) is 0 Å². The Morgan fingerprint density at radius 1 is 0.957 bits per heavy atom. The third-order valence-electron chi connectivity index (χ3n) is 8.14. The van der Waals surface area contributed by atoms with E-state index in [1.807, 2.05) is 0 Å². The van der Waals surface area contributed by atoms with E-state index in [1.165, 1.54) is 0 Å². The summed E-state index contributed by atoms with van der Waals surface area (Å²) in [6, 6.07) is 0. The van der Waals surface area contributed by atoms with Gasteiger partial charge in [-0.25, -0.2) is 0 Å². The highest BCUT2D eigenvalue weighted by Crippen LogP contribution is 2.64. The first-order valence-corrected chi connectivity index (χ1v) is 9.22. The van der Waals surface area contributed by atoms with Crippen LogP contribution in [0.4, 0.5) is 0 Å². The number of hydrogen-bond donors (Lipinski definition) is 4. The van der Waals surface area contributed by atoms with Crippen molar-refractivity contribution in [2.45, 2.75) is 76.8 Å². The minimum atomic E-state index is -0.720. The summed E-state index contributed by atoms with van der Waals surface area (Å²) in [7, 11) is 0. The van der Waals surface area contributed by atoms with Gasteiger partial charge in [-0.1, -0.05) is 19.9 Å². The smallest absolute Gasteiger partial charge is 0.101 e. The molecular formula is C19H30O4. The molecule has 23 heavy (non-hydrogen) atoms. The summed E-state index contributed by atoms with van der Waals surface area (Å²) in [6.07, 6.45) is 4.78. The zero-order valence-electron chi connectivity index (χ0n) is 14.2. The molecular weight excluding hydrogens is 292 g/mol. The Bertz CT molecular complexity index is 531. The lowest BCUT2D eigenvalue weighted by Crippen LogP contribution is -2.54. The first kappa shape index (κ1) is 16.1. The summed E-state index contributed by atoms with van der Waals surface area (Å²) >= 11 is 0. The molecule has 0 radical (unpaired) electrons. The summed E-state index contributed by atoms with van der Waals surface area (Å²) in [6.45, 7) is 4.41. The fourth-order valence-electron chi connectivity index (χ4n) is 6.71. The molecule has 4 N–H and O–H groups in total. The summed E-state index contributed by atoms with van der Waals surface area (Å²) in [5.74, 6) is 1.31. The molecule has 4 rings (SSSR count). The average molecular weight is 322 g/mol. The van der Waals surface area contributed by atoms with Crippen molar-refractivity contribution in [3.63, 3.8) is 0 Å². The van der Waals surface area contributed by atoms with Crippen LogP contribution in [0.15, 0.2) is 11.6 Å². The number of aliphatic hydroxyl groups excluding tert-OH is 4. The number of allylic oxidation sites excluding steroid dienone is 1. The molecule has 3 saturated carbocycles. The lowest BCUT2D eigenvalue weighted by atomic mass is 9.47. The molecule has 4 aliphatic rings. The SMILES string of the molecule is C[C@]12CCC(O)[C@@H](O)C1=CC[C@@H]1[C@@H]2CC[C@]2(C)C(O)[C@H](O)C[C@@H]12. The Morgan fingerprint density at radius 2 is 1.70 bits per heavy atom. The summed E-state index contributed by atoms with van der Waals surface area (Å²) in [4.78, 5) is 0. The molecule has 0 spiro atoms. The van der Waals surface area contributed by atoms with E-state index in [2.05, 4.69) is 19.9 Å². The Hall–Kier alpha value is -0.420. The largest absolute Gasteiger partial charge is 0.390 e. The van der Waals surface area contributed by atoms with Crippen molar-refractivity contribution in [1.82, 2.24) is 0 Å². The predicted molar refractivity (Wildman–Crippen MR) is 86.5 cm³/mol. The number of fused-ring (bicyclic) bond motifs is 5. The van der Waals surface area contributed by atoms with Crippen LogP contribution in [0, 0.1) is 28.6 Å². The van der Waals surface area contributed by atoms with Crippen LogP contribution >= 0.6 is 0 Å². The molecule has 0 aromatic heterocycles. The lowest BCUT2D eigenvalue weighted by Gasteiger charge is -2.58. The number of rotatable bonds is 0. The van der Waals surface area contributed by atoms with E-state index >= 15 is 0 Å². The lowest BCUT2D eigenvalue weighted by molar-refractivity contribution is -0.0941. The van der Waals surface area contributed by atoms with Crippen molar-refractivity contribution in [1.29, 1.82) is 0 Å². The molecule has 9 atom stereocenters. The van der Waals surface area contributed by atoms with Gasteiger partial charge in [-0.05, 0) is 72.7 Å². The van der Waals surface area contributed by atoms with Crippen molar-refractivity contribution in [2.75, 3.05) is 0 Å². The van der Waals surface area contributed by atoms with Crippen LogP contribution in [0.5, 0.6) is 0 Å². The van der Waals surface area contributed by atoms with Gasteiger partial charge in [-0.15, -0.1) is 0 Å². The molecule has 0 aliphatic heterocycles. The minimum absolute atomic E-state index is 0.0403. The average Bonchev–Trinajstić information content (AvgIpc) is 2.75. The number of hydrogen-bond acceptors (Lipinski definition) is 4. The highest BCUT2D eigenvalue weighted by atomic mass is 16.3. The van der Waals surface area contributed by atoms with E-state index in [1.54, 1.807) is 0 Å². The van der Waals surface area contributed by atoms with Crippen LogP contribution in [0.3, 0.4) is 0 Å². The van der Waals surface area contributed by atoms with Crippen LogP contribution in [-0.2, 0) is 0 Å². The van der Waals surface area contributed by atoms with E-state index in [0.717, 1.165) is 31.3 Å². The van der Waals surface area contributed by atoms with Crippen molar-refractivity contribution >= 4 is 0 Å². The van der Waals surface area contributed by atoms with Gasteiger partial charge < -0.3 is 20.4 Å². The molecule has 0 heterocycles. The standard InChI is InChI=1S/C19H30O4/c1-18-8-6-14(20)16(22)12(18)4-3-10-11(18)5-7-19(2)13(10)9-15(21)17(19)23/h4,10-11,13-17,20-23H,3,5-9H2,1-2H3/t10-,11+,13+,14?,15-,16+,17?,18-,19+/m1/s1. The van der Waals surface area contributed by atoms with Gasteiger partial charge in [0.05, 0.1) is 18.3 Å².